The van der Waals surface area contributed by atoms with E-state index in [0.717, 1.165) is 5.75 Å². The van der Waals surface area contributed by atoms with E-state index in [1.165, 1.54) is 0 Å². The lowest BCUT2D eigenvalue weighted by molar-refractivity contribution is 0.142. The Morgan fingerprint density at radius 1 is 1.38 bits per heavy atom. The Kier molecular flexibility index (Phi) is 3.14. The van der Waals surface area contributed by atoms with Crippen LogP contribution in [0.3, 0.4) is 0 Å². The van der Waals surface area contributed by atoms with Gasteiger partial charge in [0, 0.05) is 7.05 Å². The molecule has 0 amide bonds. The molecule has 2 rings (SSSR count). The summed E-state index contributed by atoms with van der Waals surface area (Å²) in [4.78, 5) is 1.84. The van der Waals surface area contributed by atoms with Gasteiger partial charge in [-0.05, 0) is 31.3 Å². The monoisotopic (exact) mass is 235 g/mol. The molecule has 0 saturated carbocycles. The average molecular weight is 235 g/mol. The first kappa shape index (κ1) is 11.0. The second-order valence-corrected chi connectivity index (χ2v) is 4.02. The molecule has 0 aromatic heterocycles. The summed E-state index contributed by atoms with van der Waals surface area (Å²) < 4.78 is 5.76. The highest BCUT2D eigenvalue weighted by molar-refractivity contribution is 7.80. The Balaban J connectivity index is 2.02. The first-order valence-electron chi connectivity index (χ1n) is 5.08. The van der Waals surface area contributed by atoms with Crippen LogP contribution in [-0.2, 0) is 0 Å². The molecule has 5 heteroatoms. The van der Waals surface area contributed by atoms with Crippen molar-refractivity contribution in [1.29, 1.82) is 0 Å². The van der Waals surface area contributed by atoms with Gasteiger partial charge in [-0.25, -0.2) is 0 Å². The zero-order valence-electron chi connectivity index (χ0n) is 9.20. The van der Waals surface area contributed by atoms with Gasteiger partial charge in [0.05, 0.1) is 0 Å². The van der Waals surface area contributed by atoms with E-state index in [0.29, 0.717) is 5.11 Å². The van der Waals surface area contributed by atoms with Gasteiger partial charge < -0.3 is 9.64 Å². The predicted molar refractivity (Wildman–Crippen MR) is 65.5 cm³/mol. The maximum absolute atomic E-state index is 5.76. The third-order valence-corrected chi connectivity index (χ3v) is 2.81. The van der Waals surface area contributed by atoms with Crippen molar-refractivity contribution >= 4 is 17.3 Å². The number of ether oxygens (including phenoxy) is 1. The standard InChI is InChI=1S/C11H13N3OS/c1-8(10-12-13-11(16)14(10)2)15-9-6-4-3-5-7-9/h3-8,10H,1-2H3. The zero-order valence-corrected chi connectivity index (χ0v) is 10.0. The molecule has 0 aliphatic carbocycles. The molecular formula is C11H13N3OS. The van der Waals surface area contributed by atoms with Crippen molar-refractivity contribution in [2.24, 2.45) is 10.2 Å². The number of nitrogens with zero attached hydrogens (tertiary/aromatic N) is 3. The van der Waals surface area contributed by atoms with Gasteiger partial charge in [0.2, 0.25) is 5.11 Å². The number of benzene rings is 1. The van der Waals surface area contributed by atoms with Gasteiger partial charge in [-0.3, -0.25) is 0 Å². The summed E-state index contributed by atoms with van der Waals surface area (Å²) in [5, 5.41) is 8.45. The molecular weight excluding hydrogens is 222 g/mol. The normalized spacial score (nSPS) is 21.2. The summed E-state index contributed by atoms with van der Waals surface area (Å²) >= 11 is 5.01. The molecule has 2 atom stereocenters. The lowest BCUT2D eigenvalue weighted by Gasteiger charge is -2.24. The van der Waals surface area contributed by atoms with E-state index in [2.05, 4.69) is 10.2 Å². The number of hydrogen-bond donors (Lipinski definition) is 0. The van der Waals surface area contributed by atoms with Gasteiger partial charge in [-0.2, -0.15) is 5.11 Å². The molecule has 1 aliphatic heterocycles. The van der Waals surface area contributed by atoms with Crippen molar-refractivity contribution in [2.75, 3.05) is 7.05 Å². The molecule has 2 unspecified atom stereocenters. The fraction of sp³-hybridized carbons (Fsp3) is 0.364. The molecule has 0 radical (unpaired) electrons. The molecule has 84 valence electrons. The maximum Gasteiger partial charge on any atom is 0.217 e. The fourth-order valence-electron chi connectivity index (χ4n) is 1.55. The Hall–Kier alpha value is -1.49. The molecule has 1 heterocycles. The number of thiocarbonyl (C=S) groups is 1. The van der Waals surface area contributed by atoms with E-state index >= 15 is 0 Å². The van der Waals surface area contributed by atoms with Gasteiger partial charge in [-0.15, -0.1) is 5.11 Å². The highest BCUT2D eigenvalue weighted by Crippen LogP contribution is 2.19. The molecule has 0 saturated heterocycles. The average Bonchev–Trinajstić information content (AvgIpc) is 2.61. The van der Waals surface area contributed by atoms with E-state index in [-0.39, 0.29) is 12.3 Å². The summed E-state index contributed by atoms with van der Waals surface area (Å²) in [6.07, 6.45) is -0.218. The number of para-hydroxylation sites is 1. The highest BCUT2D eigenvalue weighted by atomic mass is 32.1. The molecule has 0 bridgehead atoms. The molecule has 0 fully saturated rings. The first-order valence-corrected chi connectivity index (χ1v) is 5.48. The third-order valence-electron chi connectivity index (χ3n) is 2.45. The van der Waals surface area contributed by atoms with Gasteiger partial charge in [0.15, 0.2) is 6.17 Å². The predicted octanol–water partition coefficient (Wildman–Crippen LogP) is 2.46. The van der Waals surface area contributed by atoms with Crippen molar-refractivity contribution in [1.82, 2.24) is 4.90 Å². The quantitative estimate of drug-likeness (QED) is 0.755. The van der Waals surface area contributed by atoms with Crippen LogP contribution in [0.4, 0.5) is 0 Å². The summed E-state index contributed by atoms with van der Waals surface area (Å²) in [5.74, 6) is 0.830. The van der Waals surface area contributed by atoms with Crippen LogP contribution in [0.1, 0.15) is 6.92 Å². The van der Waals surface area contributed by atoms with Crippen LogP contribution < -0.4 is 4.74 Å². The summed E-state index contributed by atoms with van der Waals surface area (Å²) in [5.41, 5.74) is 0. The molecule has 0 N–H and O–H groups in total. The van der Waals surface area contributed by atoms with E-state index in [1.807, 2.05) is 49.2 Å². The molecule has 0 spiro atoms. The fourth-order valence-corrected chi connectivity index (χ4v) is 1.71. The van der Waals surface area contributed by atoms with E-state index in [4.69, 9.17) is 17.0 Å². The van der Waals surface area contributed by atoms with Crippen LogP contribution in [-0.4, -0.2) is 29.3 Å². The Morgan fingerprint density at radius 3 is 2.62 bits per heavy atom. The lowest BCUT2D eigenvalue weighted by Crippen LogP contribution is -2.39. The molecule has 16 heavy (non-hydrogen) atoms. The lowest BCUT2D eigenvalue weighted by atomic mass is 10.3. The van der Waals surface area contributed by atoms with Gasteiger partial charge in [-0.1, -0.05) is 18.2 Å². The summed E-state index contributed by atoms with van der Waals surface area (Å²) in [6, 6.07) is 9.66. The van der Waals surface area contributed by atoms with Crippen molar-refractivity contribution in [3.8, 4) is 5.75 Å². The summed E-state index contributed by atoms with van der Waals surface area (Å²) in [6.45, 7) is 1.96. The van der Waals surface area contributed by atoms with Gasteiger partial charge >= 0.3 is 0 Å². The van der Waals surface area contributed by atoms with Crippen LogP contribution >= 0.6 is 12.2 Å². The Bertz CT molecular complexity index is 407. The van der Waals surface area contributed by atoms with Crippen LogP contribution in [0.2, 0.25) is 0 Å². The number of likely N-dealkylation sites (N-methyl/N-ethyl adjacent to an activating group) is 1. The van der Waals surface area contributed by atoms with Crippen molar-refractivity contribution in [2.45, 2.75) is 19.2 Å². The van der Waals surface area contributed by atoms with E-state index in [1.54, 1.807) is 0 Å². The van der Waals surface area contributed by atoms with Gasteiger partial charge in [0.1, 0.15) is 11.9 Å². The smallest absolute Gasteiger partial charge is 0.217 e. The van der Waals surface area contributed by atoms with Crippen molar-refractivity contribution in [3.05, 3.63) is 30.3 Å². The Morgan fingerprint density at radius 2 is 2.06 bits per heavy atom. The molecule has 4 nitrogen and oxygen atoms in total. The van der Waals surface area contributed by atoms with E-state index < -0.39 is 0 Å². The highest BCUT2D eigenvalue weighted by Gasteiger charge is 2.29. The minimum atomic E-state index is -0.132. The third kappa shape index (κ3) is 2.19. The number of hydrogen-bond acceptors (Lipinski definition) is 3. The van der Waals surface area contributed by atoms with E-state index in [9.17, 15) is 0 Å². The van der Waals surface area contributed by atoms with Gasteiger partial charge in [0.25, 0.3) is 0 Å². The molecule has 1 aromatic rings. The number of rotatable bonds is 3. The topological polar surface area (TPSA) is 37.2 Å². The van der Waals surface area contributed by atoms with Crippen LogP contribution in [0.25, 0.3) is 0 Å². The minimum Gasteiger partial charge on any atom is -0.486 e. The number of azo groups is 1. The summed E-state index contributed by atoms with van der Waals surface area (Å²) in [7, 11) is 1.87. The van der Waals surface area contributed by atoms with Crippen molar-refractivity contribution in [3.63, 3.8) is 0 Å². The molecule has 1 aromatic carbocycles. The zero-order chi connectivity index (χ0) is 11.5. The minimum absolute atomic E-state index is 0.0865. The second kappa shape index (κ2) is 4.57. The van der Waals surface area contributed by atoms with Crippen molar-refractivity contribution < 1.29 is 4.74 Å². The second-order valence-electron chi connectivity index (χ2n) is 3.66. The van der Waals surface area contributed by atoms with Crippen LogP contribution in [0, 0.1) is 0 Å². The first-order chi connectivity index (χ1) is 7.68. The SMILES string of the molecule is CC(Oc1ccccc1)C1N=NC(=S)N1C. The Labute approximate surface area is 99.9 Å². The molecule has 1 aliphatic rings. The van der Waals surface area contributed by atoms with Crippen LogP contribution in [0.5, 0.6) is 5.75 Å². The maximum atomic E-state index is 5.76. The van der Waals surface area contributed by atoms with Crippen LogP contribution in [0.15, 0.2) is 40.6 Å². The largest absolute Gasteiger partial charge is 0.486 e.